The van der Waals surface area contributed by atoms with Crippen LogP contribution in [0.4, 0.5) is 0 Å². The fraction of sp³-hybridized carbons (Fsp3) is 0.417. The lowest BCUT2D eigenvalue weighted by Gasteiger charge is -2.49. The molecular weight excluding hydrogens is 430 g/mol. The molecule has 1 amide bonds. The van der Waals surface area contributed by atoms with Crippen molar-refractivity contribution in [1.29, 1.82) is 0 Å². The molecule has 6 atom stereocenters. The third kappa shape index (κ3) is 5.95. The van der Waals surface area contributed by atoms with Crippen LogP contribution in [-0.2, 0) is 39.9 Å². The van der Waals surface area contributed by atoms with Crippen LogP contribution in [0, 0.1) is 0 Å². The van der Waals surface area contributed by atoms with Gasteiger partial charge in [0.2, 0.25) is 5.91 Å². The number of carboxylic acids is 1. The Kier molecular flexibility index (Phi) is 7.69. The summed E-state index contributed by atoms with van der Waals surface area (Å²) in [7, 11) is 0. The topological polar surface area (TPSA) is 113 Å². The summed E-state index contributed by atoms with van der Waals surface area (Å²) < 4.78 is 29.9. The van der Waals surface area contributed by atoms with Gasteiger partial charge in [-0.3, -0.25) is 4.79 Å². The molecule has 2 aliphatic rings. The summed E-state index contributed by atoms with van der Waals surface area (Å²) in [6, 6.07) is 18.1. The number of aliphatic carboxylic acids is 1. The van der Waals surface area contributed by atoms with E-state index in [0.29, 0.717) is 0 Å². The average molecular weight is 457 g/mol. The number of nitrogens with one attached hydrogen (secondary N) is 1. The molecule has 2 N–H and O–H groups in total. The molecule has 2 aromatic carbocycles. The fourth-order valence-electron chi connectivity index (χ4n) is 4.00. The smallest absolute Gasteiger partial charge is 0.329 e. The molecule has 9 heteroatoms. The normalized spacial score (nSPS) is 29.1. The second-order valence-electron chi connectivity index (χ2n) is 7.91. The Morgan fingerprint density at radius 3 is 2.39 bits per heavy atom. The molecule has 0 unspecified atom stereocenters. The van der Waals surface area contributed by atoms with Crippen LogP contribution >= 0.6 is 0 Å². The molecule has 2 saturated heterocycles. The minimum atomic E-state index is -1.13. The SMILES string of the molecule is CC(=O)N[C@@H]1[C@@H](OCc2ccccc2)O[C@@H]2CO[C@H](c3ccccc3)O[C@@H]2[C@H]1OCC(=O)O. The number of carbonyl (C=O) groups excluding carboxylic acids is 1. The van der Waals surface area contributed by atoms with Gasteiger partial charge in [0.1, 0.15) is 31.0 Å². The maximum absolute atomic E-state index is 12.0. The molecule has 0 aromatic heterocycles. The van der Waals surface area contributed by atoms with E-state index in [1.54, 1.807) is 0 Å². The molecule has 0 aliphatic carbocycles. The van der Waals surface area contributed by atoms with E-state index in [0.717, 1.165) is 11.1 Å². The predicted molar refractivity (Wildman–Crippen MR) is 115 cm³/mol. The van der Waals surface area contributed by atoms with Crippen molar-refractivity contribution in [1.82, 2.24) is 5.32 Å². The highest BCUT2D eigenvalue weighted by molar-refractivity contribution is 5.73. The maximum atomic E-state index is 12.0. The van der Waals surface area contributed by atoms with Crippen molar-refractivity contribution < 1.29 is 38.4 Å². The van der Waals surface area contributed by atoms with Crippen molar-refractivity contribution in [3.63, 3.8) is 0 Å². The van der Waals surface area contributed by atoms with Crippen LogP contribution in [0.2, 0.25) is 0 Å². The standard InChI is InChI=1S/C24H27NO8/c1-15(26)25-20-22(29-14-19(27)28)21-18(13-31-23(33-21)17-10-6-3-7-11-17)32-24(20)30-12-16-8-4-2-5-9-16/h2-11,18,20-24H,12-14H2,1H3,(H,25,26)(H,27,28)/t18-,20+,21+,22+,23+,24+/m1/s1. The van der Waals surface area contributed by atoms with Crippen molar-refractivity contribution in [3.05, 3.63) is 71.8 Å². The monoisotopic (exact) mass is 457 g/mol. The summed E-state index contributed by atoms with van der Waals surface area (Å²) in [6.45, 7) is 1.23. The summed E-state index contributed by atoms with van der Waals surface area (Å²) in [5.74, 6) is -1.46. The zero-order valence-electron chi connectivity index (χ0n) is 18.2. The Labute approximate surface area is 191 Å². The number of amides is 1. The van der Waals surface area contributed by atoms with E-state index in [-0.39, 0.29) is 19.1 Å². The molecule has 33 heavy (non-hydrogen) atoms. The molecule has 176 valence electrons. The van der Waals surface area contributed by atoms with Crippen molar-refractivity contribution in [2.24, 2.45) is 0 Å². The van der Waals surface area contributed by atoms with E-state index in [9.17, 15) is 14.7 Å². The maximum Gasteiger partial charge on any atom is 0.329 e. The first-order valence-corrected chi connectivity index (χ1v) is 10.7. The van der Waals surface area contributed by atoms with Crippen molar-refractivity contribution in [2.75, 3.05) is 13.2 Å². The molecule has 0 radical (unpaired) electrons. The molecule has 4 rings (SSSR count). The number of rotatable bonds is 8. The van der Waals surface area contributed by atoms with Crippen LogP contribution in [0.25, 0.3) is 0 Å². The van der Waals surface area contributed by atoms with Crippen LogP contribution in [0.1, 0.15) is 24.3 Å². The summed E-state index contributed by atoms with van der Waals surface area (Å²) >= 11 is 0. The van der Waals surface area contributed by atoms with Crippen LogP contribution in [-0.4, -0.2) is 60.8 Å². The Morgan fingerprint density at radius 2 is 1.73 bits per heavy atom. The summed E-state index contributed by atoms with van der Waals surface area (Å²) in [4.78, 5) is 23.3. The number of ether oxygens (including phenoxy) is 5. The van der Waals surface area contributed by atoms with Crippen molar-refractivity contribution >= 4 is 11.9 Å². The Morgan fingerprint density at radius 1 is 1.03 bits per heavy atom. The minimum Gasteiger partial charge on any atom is -0.480 e. The number of carboxylic acid groups (broad SMARTS) is 1. The average Bonchev–Trinajstić information content (AvgIpc) is 2.82. The molecule has 0 spiro atoms. The number of benzene rings is 2. The zero-order valence-corrected chi connectivity index (χ0v) is 18.2. The lowest BCUT2D eigenvalue weighted by Crippen LogP contribution is -2.67. The molecule has 2 heterocycles. The molecule has 2 aliphatic heterocycles. The molecule has 9 nitrogen and oxygen atoms in total. The number of carbonyl (C=O) groups is 2. The predicted octanol–water partition coefficient (Wildman–Crippen LogP) is 2.02. The second kappa shape index (κ2) is 10.9. The van der Waals surface area contributed by atoms with Gasteiger partial charge in [0.15, 0.2) is 12.6 Å². The van der Waals surface area contributed by atoms with Crippen LogP contribution < -0.4 is 5.32 Å². The Hall–Kier alpha value is -2.82. The molecular formula is C24H27NO8. The molecule has 0 saturated carbocycles. The quantitative estimate of drug-likeness (QED) is 0.619. The third-order valence-electron chi connectivity index (χ3n) is 5.44. The highest BCUT2D eigenvalue weighted by Crippen LogP contribution is 2.35. The largest absolute Gasteiger partial charge is 0.480 e. The number of hydrogen-bond donors (Lipinski definition) is 2. The van der Waals surface area contributed by atoms with Gasteiger partial charge in [0.25, 0.3) is 0 Å². The van der Waals surface area contributed by atoms with E-state index < -0.39 is 49.5 Å². The van der Waals surface area contributed by atoms with Gasteiger partial charge in [-0.25, -0.2) is 4.79 Å². The molecule has 2 aromatic rings. The van der Waals surface area contributed by atoms with E-state index in [4.69, 9.17) is 23.7 Å². The Balaban J connectivity index is 1.56. The van der Waals surface area contributed by atoms with E-state index in [2.05, 4.69) is 5.32 Å². The minimum absolute atomic E-state index is 0.190. The van der Waals surface area contributed by atoms with Gasteiger partial charge in [-0.2, -0.15) is 0 Å². The van der Waals surface area contributed by atoms with Gasteiger partial charge < -0.3 is 34.1 Å². The second-order valence-corrected chi connectivity index (χ2v) is 7.91. The van der Waals surface area contributed by atoms with Crippen molar-refractivity contribution in [3.8, 4) is 0 Å². The highest BCUT2D eigenvalue weighted by Gasteiger charge is 2.51. The van der Waals surface area contributed by atoms with Crippen molar-refractivity contribution in [2.45, 2.75) is 50.5 Å². The highest BCUT2D eigenvalue weighted by atomic mass is 16.8. The van der Waals surface area contributed by atoms with Crippen LogP contribution in [0.3, 0.4) is 0 Å². The van der Waals surface area contributed by atoms with Gasteiger partial charge in [-0.1, -0.05) is 60.7 Å². The van der Waals surface area contributed by atoms with Crippen LogP contribution in [0.15, 0.2) is 60.7 Å². The fourth-order valence-corrected chi connectivity index (χ4v) is 4.00. The molecule has 2 fully saturated rings. The first kappa shape index (κ1) is 23.3. The van der Waals surface area contributed by atoms with E-state index in [1.165, 1.54) is 6.92 Å². The summed E-state index contributed by atoms with van der Waals surface area (Å²) in [5, 5.41) is 12.0. The third-order valence-corrected chi connectivity index (χ3v) is 5.44. The van der Waals surface area contributed by atoms with Gasteiger partial charge in [-0.05, 0) is 5.56 Å². The molecule has 0 bridgehead atoms. The van der Waals surface area contributed by atoms with Crippen LogP contribution in [0.5, 0.6) is 0 Å². The van der Waals surface area contributed by atoms with Gasteiger partial charge >= 0.3 is 5.97 Å². The lowest BCUT2D eigenvalue weighted by atomic mass is 9.95. The van der Waals surface area contributed by atoms with Gasteiger partial charge in [-0.15, -0.1) is 0 Å². The summed E-state index contributed by atoms with van der Waals surface area (Å²) in [6.07, 6.45) is -3.66. The van der Waals surface area contributed by atoms with Gasteiger partial charge in [0.05, 0.1) is 13.2 Å². The van der Waals surface area contributed by atoms with Gasteiger partial charge in [0, 0.05) is 12.5 Å². The lowest BCUT2D eigenvalue weighted by molar-refractivity contribution is -0.349. The number of hydrogen-bond acceptors (Lipinski definition) is 7. The van der Waals surface area contributed by atoms with E-state index >= 15 is 0 Å². The number of fused-ring (bicyclic) bond motifs is 1. The first-order chi connectivity index (χ1) is 16.0. The van der Waals surface area contributed by atoms with E-state index in [1.807, 2.05) is 60.7 Å². The first-order valence-electron chi connectivity index (χ1n) is 10.7. The zero-order chi connectivity index (χ0) is 23.2. The Bertz CT molecular complexity index is 925. The summed E-state index contributed by atoms with van der Waals surface area (Å²) in [5.41, 5.74) is 1.74.